The highest BCUT2D eigenvalue weighted by Crippen LogP contribution is 2.25. The van der Waals surface area contributed by atoms with Crippen LogP contribution in [0.2, 0.25) is 0 Å². The number of nitrogens with one attached hydrogen (secondary N) is 1. The van der Waals surface area contributed by atoms with Gasteiger partial charge in [0.25, 0.3) is 5.56 Å². The van der Waals surface area contributed by atoms with E-state index in [1.807, 2.05) is 24.3 Å². The van der Waals surface area contributed by atoms with Crippen molar-refractivity contribution in [1.82, 2.24) is 15.0 Å². The largest absolute Gasteiger partial charge is 0.493 e. The lowest BCUT2D eigenvalue weighted by molar-refractivity contribution is 0.444. The Morgan fingerprint density at radius 1 is 1.25 bits per heavy atom. The monoisotopic (exact) mass is 267 g/mol. The molecule has 3 rings (SSSR count). The lowest BCUT2D eigenvalue weighted by Gasteiger charge is -2.07. The minimum Gasteiger partial charge on any atom is -0.493 e. The standard InChI is InChI=1S/C15H13N3O2/c1-2-10-14(19)17-13(18-15(10)20)12-8-16-7-9-5-3-4-6-11(9)12/h3-8H,2H2,1H3,(H2,17,18,19,20). The van der Waals surface area contributed by atoms with Crippen LogP contribution in [0, 0.1) is 0 Å². The molecule has 1 aromatic carbocycles. The Morgan fingerprint density at radius 2 is 2.05 bits per heavy atom. The van der Waals surface area contributed by atoms with Crippen LogP contribution in [0.25, 0.3) is 22.2 Å². The molecule has 5 heteroatoms. The molecule has 0 unspecified atom stereocenters. The van der Waals surface area contributed by atoms with Gasteiger partial charge in [-0.3, -0.25) is 9.78 Å². The van der Waals surface area contributed by atoms with E-state index in [1.165, 1.54) is 0 Å². The molecule has 0 bridgehead atoms. The highest BCUT2D eigenvalue weighted by Gasteiger charge is 2.12. The first-order valence-corrected chi connectivity index (χ1v) is 6.36. The van der Waals surface area contributed by atoms with E-state index in [4.69, 9.17) is 0 Å². The van der Waals surface area contributed by atoms with Crippen molar-refractivity contribution in [3.63, 3.8) is 0 Å². The molecule has 0 amide bonds. The Bertz CT molecular complexity index is 835. The molecule has 0 saturated carbocycles. The number of aromatic hydroxyl groups is 1. The van der Waals surface area contributed by atoms with Crippen molar-refractivity contribution in [1.29, 1.82) is 0 Å². The molecule has 0 aliphatic carbocycles. The summed E-state index contributed by atoms with van der Waals surface area (Å²) in [6, 6.07) is 7.69. The fourth-order valence-electron chi connectivity index (χ4n) is 2.24. The molecule has 5 nitrogen and oxygen atoms in total. The molecular weight excluding hydrogens is 254 g/mol. The number of H-pyrrole nitrogens is 1. The maximum absolute atomic E-state index is 11.9. The number of aromatic nitrogens is 3. The molecule has 0 fully saturated rings. The molecule has 0 atom stereocenters. The summed E-state index contributed by atoms with van der Waals surface area (Å²) in [6.45, 7) is 1.80. The lowest BCUT2D eigenvalue weighted by atomic mass is 10.1. The summed E-state index contributed by atoms with van der Waals surface area (Å²) in [4.78, 5) is 22.9. The Labute approximate surface area is 115 Å². The molecule has 0 aliphatic heterocycles. The van der Waals surface area contributed by atoms with Crippen LogP contribution in [-0.4, -0.2) is 20.1 Å². The van der Waals surface area contributed by atoms with E-state index in [1.54, 1.807) is 19.3 Å². The molecule has 0 radical (unpaired) electrons. The number of aromatic amines is 1. The van der Waals surface area contributed by atoms with Crippen LogP contribution >= 0.6 is 0 Å². The molecule has 2 aromatic heterocycles. The van der Waals surface area contributed by atoms with Crippen molar-refractivity contribution >= 4 is 10.8 Å². The second-order valence-electron chi connectivity index (χ2n) is 4.48. The summed E-state index contributed by atoms with van der Waals surface area (Å²) in [5, 5.41) is 11.7. The summed E-state index contributed by atoms with van der Waals surface area (Å²) >= 11 is 0. The molecule has 0 saturated heterocycles. The van der Waals surface area contributed by atoms with Gasteiger partial charge in [-0.2, -0.15) is 4.98 Å². The lowest BCUT2D eigenvalue weighted by Crippen LogP contribution is -2.14. The fourth-order valence-corrected chi connectivity index (χ4v) is 2.24. The van der Waals surface area contributed by atoms with Gasteiger partial charge in [0.1, 0.15) is 5.82 Å². The van der Waals surface area contributed by atoms with E-state index in [0.29, 0.717) is 23.4 Å². The summed E-state index contributed by atoms with van der Waals surface area (Å²) in [5.41, 5.74) is 0.669. The van der Waals surface area contributed by atoms with Crippen molar-refractivity contribution in [2.75, 3.05) is 0 Å². The maximum Gasteiger partial charge on any atom is 0.258 e. The summed E-state index contributed by atoms with van der Waals surface area (Å²) in [6.07, 6.45) is 3.81. The Kier molecular flexibility index (Phi) is 2.95. The number of rotatable bonds is 2. The molecule has 2 heterocycles. The number of benzene rings is 1. The quantitative estimate of drug-likeness (QED) is 0.746. The van der Waals surface area contributed by atoms with Crippen LogP contribution in [0.1, 0.15) is 12.5 Å². The van der Waals surface area contributed by atoms with Crippen LogP contribution in [0.15, 0.2) is 41.5 Å². The first-order chi connectivity index (χ1) is 9.70. The van der Waals surface area contributed by atoms with Crippen molar-refractivity contribution in [3.05, 3.63) is 52.6 Å². The van der Waals surface area contributed by atoms with E-state index in [9.17, 15) is 9.90 Å². The predicted molar refractivity (Wildman–Crippen MR) is 76.6 cm³/mol. The van der Waals surface area contributed by atoms with E-state index in [2.05, 4.69) is 15.0 Å². The smallest absolute Gasteiger partial charge is 0.258 e. The zero-order chi connectivity index (χ0) is 14.1. The second-order valence-corrected chi connectivity index (χ2v) is 4.48. The summed E-state index contributed by atoms with van der Waals surface area (Å²) in [5.74, 6) is 0.105. The maximum atomic E-state index is 11.9. The molecule has 0 aliphatic rings. The van der Waals surface area contributed by atoms with Gasteiger partial charge in [-0.25, -0.2) is 0 Å². The number of nitrogens with zero attached hydrogens (tertiary/aromatic N) is 2. The van der Waals surface area contributed by atoms with Gasteiger partial charge in [0.2, 0.25) is 5.88 Å². The van der Waals surface area contributed by atoms with Crippen molar-refractivity contribution in [2.24, 2.45) is 0 Å². The Hall–Kier alpha value is -2.69. The van der Waals surface area contributed by atoms with Gasteiger partial charge >= 0.3 is 0 Å². The van der Waals surface area contributed by atoms with E-state index in [-0.39, 0.29) is 11.4 Å². The molecule has 0 spiro atoms. The van der Waals surface area contributed by atoms with Crippen molar-refractivity contribution < 1.29 is 5.11 Å². The molecular formula is C15H13N3O2. The first kappa shape index (κ1) is 12.3. The zero-order valence-corrected chi connectivity index (χ0v) is 10.9. The Morgan fingerprint density at radius 3 is 2.80 bits per heavy atom. The van der Waals surface area contributed by atoms with Gasteiger partial charge in [-0.15, -0.1) is 0 Å². The third-order valence-corrected chi connectivity index (χ3v) is 3.27. The summed E-state index contributed by atoms with van der Waals surface area (Å²) < 4.78 is 0. The summed E-state index contributed by atoms with van der Waals surface area (Å²) in [7, 11) is 0. The van der Waals surface area contributed by atoms with E-state index >= 15 is 0 Å². The van der Waals surface area contributed by atoms with Gasteiger partial charge in [-0.1, -0.05) is 31.2 Å². The van der Waals surface area contributed by atoms with Crippen LogP contribution in [0.3, 0.4) is 0 Å². The van der Waals surface area contributed by atoms with Crippen LogP contribution < -0.4 is 5.56 Å². The number of fused-ring (bicyclic) bond motifs is 1. The zero-order valence-electron chi connectivity index (χ0n) is 10.9. The topological polar surface area (TPSA) is 78.9 Å². The van der Waals surface area contributed by atoms with Gasteiger partial charge in [0, 0.05) is 23.3 Å². The minimum atomic E-state index is -0.317. The first-order valence-electron chi connectivity index (χ1n) is 6.36. The van der Waals surface area contributed by atoms with Gasteiger partial charge in [0.15, 0.2) is 0 Å². The average Bonchev–Trinajstić information content (AvgIpc) is 2.46. The third-order valence-electron chi connectivity index (χ3n) is 3.27. The molecule has 20 heavy (non-hydrogen) atoms. The molecule has 3 aromatic rings. The Balaban J connectivity index is 2.29. The van der Waals surface area contributed by atoms with Crippen molar-refractivity contribution in [2.45, 2.75) is 13.3 Å². The highest BCUT2D eigenvalue weighted by atomic mass is 16.3. The fraction of sp³-hybridized carbons (Fsp3) is 0.133. The predicted octanol–water partition coefficient (Wildman–Crippen LogP) is 2.25. The van der Waals surface area contributed by atoms with E-state index < -0.39 is 0 Å². The number of pyridine rings is 1. The van der Waals surface area contributed by atoms with Crippen LogP contribution in [0.4, 0.5) is 0 Å². The SMILES string of the molecule is CCc1c(O)nc(-c2cncc3ccccc23)[nH]c1=O. The average molecular weight is 267 g/mol. The number of hydrogen-bond donors (Lipinski definition) is 2. The number of hydrogen-bond acceptors (Lipinski definition) is 4. The van der Waals surface area contributed by atoms with Gasteiger partial charge < -0.3 is 10.1 Å². The van der Waals surface area contributed by atoms with E-state index in [0.717, 1.165) is 10.8 Å². The highest BCUT2D eigenvalue weighted by molar-refractivity contribution is 5.94. The molecule has 2 N–H and O–H groups in total. The van der Waals surface area contributed by atoms with Crippen molar-refractivity contribution in [3.8, 4) is 17.3 Å². The van der Waals surface area contributed by atoms with Crippen LogP contribution in [0.5, 0.6) is 5.88 Å². The second kappa shape index (κ2) is 4.77. The minimum absolute atomic E-state index is 0.223. The van der Waals surface area contributed by atoms with Gasteiger partial charge in [0.05, 0.1) is 5.56 Å². The van der Waals surface area contributed by atoms with Crippen LogP contribution in [-0.2, 0) is 6.42 Å². The molecule has 100 valence electrons. The van der Waals surface area contributed by atoms with Gasteiger partial charge in [-0.05, 0) is 11.8 Å². The third kappa shape index (κ3) is 1.93. The normalized spacial score (nSPS) is 10.8.